The molecule has 2 aromatic rings. The molecule has 0 N–H and O–H groups in total. The molecule has 1 saturated heterocycles. The summed E-state index contributed by atoms with van der Waals surface area (Å²) in [6.45, 7) is 3.57. The predicted octanol–water partition coefficient (Wildman–Crippen LogP) is 2.60. The fourth-order valence-electron chi connectivity index (χ4n) is 3.80. The van der Waals surface area contributed by atoms with Gasteiger partial charge in [0.2, 0.25) is 5.91 Å². The van der Waals surface area contributed by atoms with Crippen molar-refractivity contribution < 1.29 is 14.3 Å². The molecule has 26 heavy (non-hydrogen) atoms. The Morgan fingerprint density at radius 3 is 2.58 bits per heavy atom. The van der Waals surface area contributed by atoms with Gasteiger partial charge >= 0.3 is 0 Å². The number of hydrogen-bond donors (Lipinski definition) is 0. The third-order valence-corrected chi connectivity index (χ3v) is 5.25. The number of nitrogens with zero attached hydrogens (tertiary/aromatic N) is 2. The number of carbonyl (C=O) groups excluding carboxylic acids is 1. The summed E-state index contributed by atoms with van der Waals surface area (Å²) in [6, 6.07) is 16.0. The zero-order valence-corrected chi connectivity index (χ0v) is 15.1. The Labute approximate surface area is 154 Å². The second kappa shape index (κ2) is 7.28. The molecule has 0 aliphatic carbocycles. The van der Waals surface area contributed by atoms with Gasteiger partial charge in [0.15, 0.2) is 0 Å². The van der Waals surface area contributed by atoms with E-state index in [0.717, 1.165) is 55.3 Å². The molecule has 1 fully saturated rings. The van der Waals surface area contributed by atoms with Crippen LogP contribution in [0, 0.1) is 5.92 Å². The van der Waals surface area contributed by atoms with Crippen LogP contribution in [-0.4, -0.2) is 50.7 Å². The van der Waals surface area contributed by atoms with E-state index in [1.54, 1.807) is 7.11 Å². The molecule has 0 spiro atoms. The number of anilines is 1. The van der Waals surface area contributed by atoms with Crippen molar-refractivity contribution >= 4 is 11.6 Å². The lowest BCUT2D eigenvalue weighted by molar-refractivity contribution is -0.137. The van der Waals surface area contributed by atoms with Gasteiger partial charge in [0.25, 0.3) is 0 Å². The monoisotopic (exact) mass is 352 g/mol. The van der Waals surface area contributed by atoms with E-state index in [0.29, 0.717) is 6.61 Å². The van der Waals surface area contributed by atoms with E-state index in [9.17, 15) is 4.79 Å². The third-order valence-electron chi connectivity index (χ3n) is 5.25. The zero-order chi connectivity index (χ0) is 17.9. The molecule has 5 heteroatoms. The van der Waals surface area contributed by atoms with Gasteiger partial charge in [-0.3, -0.25) is 4.79 Å². The molecule has 5 nitrogen and oxygen atoms in total. The fourth-order valence-corrected chi connectivity index (χ4v) is 3.80. The molecular formula is C21H24N2O3. The Bertz CT molecular complexity index is 784. The maximum Gasteiger partial charge on any atom is 0.229 e. The van der Waals surface area contributed by atoms with E-state index in [1.165, 1.54) is 0 Å². The molecule has 1 amide bonds. The first kappa shape index (κ1) is 16.8. The summed E-state index contributed by atoms with van der Waals surface area (Å²) in [4.78, 5) is 17.2. The molecule has 0 radical (unpaired) electrons. The summed E-state index contributed by atoms with van der Waals surface area (Å²) in [6.07, 6.45) is 0.766. The number of ether oxygens (including phenoxy) is 2. The lowest BCUT2D eigenvalue weighted by Gasteiger charge is -2.38. The van der Waals surface area contributed by atoms with Gasteiger partial charge in [-0.25, -0.2) is 0 Å². The van der Waals surface area contributed by atoms with Crippen LogP contribution in [-0.2, 0) is 11.2 Å². The third kappa shape index (κ3) is 3.21. The standard InChI is InChI=1S/C21H24N2O3/c1-25-20-9-5-3-7-18(20)22-10-12-23(13-11-22)21(24)17-14-16-6-2-4-8-19(16)26-15-17/h2-9,17H,10-15H2,1H3/t17-/m1/s1. The lowest BCUT2D eigenvalue weighted by atomic mass is 9.95. The summed E-state index contributed by atoms with van der Waals surface area (Å²) in [7, 11) is 1.69. The molecule has 0 bridgehead atoms. The van der Waals surface area contributed by atoms with Crippen molar-refractivity contribution in [2.24, 2.45) is 5.92 Å². The van der Waals surface area contributed by atoms with Crippen LogP contribution in [0.5, 0.6) is 11.5 Å². The fraction of sp³-hybridized carbons (Fsp3) is 0.381. The molecule has 1 atom stereocenters. The van der Waals surface area contributed by atoms with E-state index in [1.807, 2.05) is 47.4 Å². The molecule has 0 saturated carbocycles. The first-order valence-corrected chi connectivity index (χ1v) is 9.13. The van der Waals surface area contributed by atoms with Crippen LogP contribution in [0.3, 0.4) is 0 Å². The molecule has 2 aliphatic rings. The number of hydrogen-bond acceptors (Lipinski definition) is 4. The van der Waals surface area contributed by atoms with E-state index in [4.69, 9.17) is 9.47 Å². The Hall–Kier alpha value is -2.69. The van der Waals surface area contributed by atoms with Gasteiger partial charge in [0.05, 0.1) is 18.7 Å². The summed E-state index contributed by atoms with van der Waals surface area (Å²) in [5.74, 6) is 1.92. The minimum atomic E-state index is -0.0808. The molecule has 4 rings (SSSR count). The van der Waals surface area contributed by atoms with Crippen LogP contribution in [0.4, 0.5) is 5.69 Å². The van der Waals surface area contributed by atoms with Crippen LogP contribution in [0.15, 0.2) is 48.5 Å². The normalized spacial score (nSPS) is 19.5. The highest BCUT2D eigenvalue weighted by molar-refractivity contribution is 5.80. The van der Waals surface area contributed by atoms with Gasteiger partial charge in [-0.05, 0) is 30.2 Å². The van der Waals surface area contributed by atoms with Gasteiger partial charge in [0, 0.05) is 26.2 Å². The first-order chi connectivity index (χ1) is 12.8. The molecule has 0 aromatic heterocycles. The number of fused-ring (bicyclic) bond motifs is 1. The van der Waals surface area contributed by atoms with Gasteiger partial charge < -0.3 is 19.3 Å². The van der Waals surface area contributed by atoms with Crippen LogP contribution in [0.2, 0.25) is 0 Å². The Balaban J connectivity index is 1.38. The average molecular weight is 352 g/mol. The van der Waals surface area contributed by atoms with E-state index in [-0.39, 0.29) is 11.8 Å². The van der Waals surface area contributed by atoms with Crippen molar-refractivity contribution in [3.8, 4) is 11.5 Å². The highest BCUT2D eigenvalue weighted by atomic mass is 16.5. The Kier molecular flexibility index (Phi) is 4.69. The maximum atomic E-state index is 12.9. The smallest absolute Gasteiger partial charge is 0.229 e. The van der Waals surface area contributed by atoms with E-state index >= 15 is 0 Å². The van der Waals surface area contributed by atoms with Crippen molar-refractivity contribution in [2.45, 2.75) is 6.42 Å². The van der Waals surface area contributed by atoms with Gasteiger partial charge in [-0.1, -0.05) is 30.3 Å². The van der Waals surface area contributed by atoms with Crippen LogP contribution in [0.1, 0.15) is 5.56 Å². The van der Waals surface area contributed by atoms with Crippen molar-refractivity contribution in [1.29, 1.82) is 0 Å². The zero-order valence-electron chi connectivity index (χ0n) is 15.1. The number of piperazine rings is 1. The molecule has 2 aromatic carbocycles. The van der Waals surface area contributed by atoms with Crippen molar-refractivity contribution in [3.63, 3.8) is 0 Å². The Morgan fingerprint density at radius 1 is 1.04 bits per heavy atom. The second-order valence-corrected chi connectivity index (χ2v) is 6.80. The predicted molar refractivity (Wildman–Crippen MR) is 101 cm³/mol. The number of amides is 1. The van der Waals surface area contributed by atoms with Crippen molar-refractivity contribution in [2.75, 3.05) is 44.8 Å². The quantitative estimate of drug-likeness (QED) is 0.852. The van der Waals surface area contributed by atoms with Crippen LogP contribution in [0.25, 0.3) is 0 Å². The summed E-state index contributed by atoms with van der Waals surface area (Å²) in [5.41, 5.74) is 2.22. The van der Waals surface area contributed by atoms with E-state index < -0.39 is 0 Å². The number of methoxy groups -OCH3 is 1. The molecule has 2 heterocycles. The number of carbonyl (C=O) groups is 1. The number of para-hydroxylation sites is 3. The molecule has 0 unspecified atom stereocenters. The maximum absolute atomic E-state index is 12.9. The molecular weight excluding hydrogens is 328 g/mol. The van der Waals surface area contributed by atoms with Gasteiger partial charge in [0.1, 0.15) is 18.1 Å². The van der Waals surface area contributed by atoms with Crippen molar-refractivity contribution in [3.05, 3.63) is 54.1 Å². The second-order valence-electron chi connectivity index (χ2n) is 6.80. The van der Waals surface area contributed by atoms with E-state index in [2.05, 4.69) is 11.0 Å². The Morgan fingerprint density at radius 2 is 1.77 bits per heavy atom. The minimum absolute atomic E-state index is 0.0808. The lowest BCUT2D eigenvalue weighted by Crippen LogP contribution is -2.51. The SMILES string of the molecule is COc1ccccc1N1CCN(C(=O)[C@H]2COc3ccccc3C2)CC1. The highest BCUT2D eigenvalue weighted by Gasteiger charge is 2.31. The average Bonchev–Trinajstić information content (AvgIpc) is 2.73. The minimum Gasteiger partial charge on any atom is -0.495 e. The largest absolute Gasteiger partial charge is 0.495 e. The molecule has 2 aliphatic heterocycles. The highest BCUT2D eigenvalue weighted by Crippen LogP contribution is 2.30. The number of benzene rings is 2. The van der Waals surface area contributed by atoms with Crippen LogP contribution >= 0.6 is 0 Å². The van der Waals surface area contributed by atoms with Crippen molar-refractivity contribution in [1.82, 2.24) is 4.90 Å². The summed E-state index contributed by atoms with van der Waals surface area (Å²) in [5, 5.41) is 0. The van der Waals surface area contributed by atoms with Gasteiger partial charge in [-0.15, -0.1) is 0 Å². The summed E-state index contributed by atoms with van der Waals surface area (Å²) >= 11 is 0. The summed E-state index contributed by atoms with van der Waals surface area (Å²) < 4.78 is 11.3. The van der Waals surface area contributed by atoms with Crippen LogP contribution < -0.4 is 14.4 Å². The number of rotatable bonds is 3. The topological polar surface area (TPSA) is 42.0 Å². The molecule has 136 valence electrons. The first-order valence-electron chi connectivity index (χ1n) is 9.13. The van der Waals surface area contributed by atoms with Gasteiger partial charge in [-0.2, -0.15) is 0 Å².